The van der Waals surface area contributed by atoms with E-state index in [1.165, 1.54) is 0 Å². The molecule has 0 heterocycles. The molecule has 1 aromatic carbocycles. The fourth-order valence-corrected chi connectivity index (χ4v) is 1.45. The zero-order valence-electron chi connectivity index (χ0n) is 9.03. The summed E-state index contributed by atoms with van der Waals surface area (Å²) in [6.45, 7) is 6.23. The first-order valence-corrected chi connectivity index (χ1v) is 5.02. The van der Waals surface area contributed by atoms with Gasteiger partial charge in [0.2, 0.25) is 0 Å². The lowest BCUT2D eigenvalue weighted by Gasteiger charge is -2.20. The van der Waals surface area contributed by atoms with E-state index in [1.807, 2.05) is 6.07 Å². The van der Waals surface area contributed by atoms with Crippen molar-refractivity contribution in [1.82, 2.24) is 0 Å². The highest BCUT2D eigenvalue weighted by Gasteiger charge is 2.18. The van der Waals surface area contributed by atoms with E-state index in [1.54, 1.807) is 12.1 Å². The predicted molar refractivity (Wildman–Crippen MR) is 64.5 cm³/mol. The largest absolute Gasteiger partial charge is 0.194 e. The zero-order valence-corrected chi connectivity index (χ0v) is 9.85. The number of isothiocyanates is 1. The first-order valence-electron chi connectivity index (χ1n) is 4.61. The van der Waals surface area contributed by atoms with Crippen LogP contribution in [0.3, 0.4) is 0 Å². The van der Waals surface area contributed by atoms with Crippen LogP contribution in [-0.4, -0.2) is 5.16 Å². The van der Waals surface area contributed by atoms with Crippen molar-refractivity contribution in [2.75, 3.05) is 0 Å². The fraction of sp³-hybridized carbons (Fsp3) is 0.333. The van der Waals surface area contributed by atoms with E-state index >= 15 is 0 Å². The highest BCUT2D eigenvalue weighted by Crippen LogP contribution is 2.31. The third-order valence-electron chi connectivity index (χ3n) is 2.10. The molecular weight excluding hydrogens is 204 g/mol. The van der Waals surface area contributed by atoms with E-state index in [4.69, 9.17) is 5.26 Å². The second kappa shape index (κ2) is 4.35. The summed E-state index contributed by atoms with van der Waals surface area (Å²) in [5, 5.41) is 11.2. The van der Waals surface area contributed by atoms with Crippen LogP contribution in [0.2, 0.25) is 0 Å². The smallest absolute Gasteiger partial charge is 0.0991 e. The minimum absolute atomic E-state index is 0.0577. The minimum atomic E-state index is -0.0577. The number of thiocarbonyl (C=S) groups is 1. The van der Waals surface area contributed by atoms with E-state index < -0.39 is 0 Å². The molecule has 1 rings (SSSR count). The number of hydrogen-bond donors (Lipinski definition) is 0. The summed E-state index contributed by atoms with van der Waals surface area (Å²) >= 11 is 4.60. The average Bonchev–Trinajstić information content (AvgIpc) is 2.17. The van der Waals surface area contributed by atoms with Gasteiger partial charge in [-0.05, 0) is 41.4 Å². The SMILES string of the molecule is CC(C)(C)c1cc(C#N)ccc1N=C=S. The summed E-state index contributed by atoms with van der Waals surface area (Å²) in [5.41, 5.74) is 2.39. The van der Waals surface area contributed by atoms with Crippen molar-refractivity contribution in [3.8, 4) is 6.07 Å². The van der Waals surface area contributed by atoms with Crippen LogP contribution in [0.15, 0.2) is 23.2 Å². The van der Waals surface area contributed by atoms with E-state index in [0.29, 0.717) is 5.56 Å². The highest BCUT2D eigenvalue weighted by atomic mass is 32.1. The molecule has 0 saturated carbocycles. The Bertz CT molecular complexity index is 457. The molecule has 1 aromatic rings. The maximum Gasteiger partial charge on any atom is 0.0991 e. The number of nitriles is 1. The fourth-order valence-electron chi connectivity index (χ4n) is 1.35. The second-order valence-corrected chi connectivity index (χ2v) is 4.48. The molecule has 15 heavy (non-hydrogen) atoms. The monoisotopic (exact) mass is 216 g/mol. The van der Waals surface area contributed by atoms with Crippen molar-refractivity contribution >= 4 is 23.1 Å². The van der Waals surface area contributed by atoms with Crippen LogP contribution in [0.4, 0.5) is 5.69 Å². The summed E-state index contributed by atoms with van der Waals surface area (Å²) in [4.78, 5) is 4.00. The van der Waals surface area contributed by atoms with Crippen LogP contribution in [0, 0.1) is 11.3 Å². The molecule has 0 amide bonds. The van der Waals surface area contributed by atoms with Gasteiger partial charge in [0.25, 0.3) is 0 Å². The Morgan fingerprint density at radius 2 is 2.00 bits per heavy atom. The Balaban J connectivity index is 3.43. The van der Waals surface area contributed by atoms with Gasteiger partial charge in [-0.2, -0.15) is 10.3 Å². The van der Waals surface area contributed by atoms with Gasteiger partial charge in [-0.1, -0.05) is 20.8 Å². The van der Waals surface area contributed by atoms with E-state index in [2.05, 4.69) is 49.2 Å². The molecule has 0 N–H and O–H groups in total. The third kappa shape index (κ3) is 2.73. The number of rotatable bonds is 1. The van der Waals surface area contributed by atoms with Gasteiger partial charge in [0, 0.05) is 0 Å². The van der Waals surface area contributed by atoms with Gasteiger partial charge >= 0.3 is 0 Å². The van der Waals surface area contributed by atoms with Gasteiger partial charge in [-0.3, -0.25) is 0 Å². The van der Waals surface area contributed by atoms with E-state index in [0.717, 1.165) is 11.3 Å². The molecule has 0 aliphatic heterocycles. The maximum atomic E-state index is 8.83. The molecule has 0 atom stereocenters. The van der Waals surface area contributed by atoms with E-state index in [9.17, 15) is 0 Å². The van der Waals surface area contributed by atoms with Crippen molar-refractivity contribution in [3.05, 3.63) is 29.3 Å². The molecule has 0 aliphatic carbocycles. The Kier molecular flexibility index (Phi) is 3.36. The average molecular weight is 216 g/mol. The van der Waals surface area contributed by atoms with Crippen LogP contribution in [0.5, 0.6) is 0 Å². The Morgan fingerprint density at radius 3 is 2.47 bits per heavy atom. The quantitative estimate of drug-likeness (QED) is 0.531. The van der Waals surface area contributed by atoms with Crippen molar-refractivity contribution in [2.24, 2.45) is 4.99 Å². The van der Waals surface area contributed by atoms with Gasteiger partial charge < -0.3 is 0 Å². The molecule has 0 bridgehead atoms. The highest BCUT2D eigenvalue weighted by molar-refractivity contribution is 7.78. The molecule has 0 spiro atoms. The number of hydrogen-bond acceptors (Lipinski definition) is 3. The molecule has 0 unspecified atom stereocenters. The lowest BCUT2D eigenvalue weighted by atomic mass is 9.85. The summed E-state index contributed by atoms with van der Waals surface area (Å²) < 4.78 is 0. The van der Waals surface area contributed by atoms with Crippen molar-refractivity contribution in [2.45, 2.75) is 26.2 Å². The molecule has 2 nitrogen and oxygen atoms in total. The molecule has 0 aromatic heterocycles. The predicted octanol–water partition coefficient (Wildman–Crippen LogP) is 3.59. The standard InChI is InChI=1S/C12H12N2S/c1-12(2,3)10-6-9(7-13)4-5-11(10)14-8-15/h4-6H,1-3H3. The number of aliphatic imine (C=N–C) groups is 1. The Labute approximate surface area is 95.3 Å². The van der Waals surface area contributed by atoms with Gasteiger partial charge in [0.15, 0.2) is 0 Å². The number of benzene rings is 1. The Hall–Kier alpha value is -1.49. The molecule has 76 valence electrons. The lowest BCUT2D eigenvalue weighted by Crippen LogP contribution is -2.11. The topological polar surface area (TPSA) is 36.1 Å². The summed E-state index contributed by atoms with van der Waals surface area (Å²) in [6.07, 6.45) is 0. The van der Waals surface area contributed by atoms with Crippen LogP contribution in [0.25, 0.3) is 0 Å². The maximum absolute atomic E-state index is 8.83. The summed E-state index contributed by atoms with van der Waals surface area (Å²) in [7, 11) is 0. The summed E-state index contributed by atoms with van der Waals surface area (Å²) in [5.74, 6) is 0. The molecule has 0 aliphatic rings. The van der Waals surface area contributed by atoms with Crippen molar-refractivity contribution in [3.63, 3.8) is 0 Å². The van der Waals surface area contributed by atoms with Gasteiger partial charge in [-0.15, -0.1) is 0 Å². The lowest BCUT2D eigenvalue weighted by molar-refractivity contribution is 0.591. The summed E-state index contributed by atoms with van der Waals surface area (Å²) in [6, 6.07) is 7.51. The first kappa shape index (κ1) is 11.6. The van der Waals surface area contributed by atoms with E-state index in [-0.39, 0.29) is 5.41 Å². The van der Waals surface area contributed by atoms with Crippen LogP contribution in [0.1, 0.15) is 31.9 Å². The van der Waals surface area contributed by atoms with Crippen molar-refractivity contribution in [1.29, 1.82) is 5.26 Å². The minimum Gasteiger partial charge on any atom is -0.194 e. The first-order chi connectivity index (χ1) is 6.99. The van der Waals surface area contributed by atoms with Gasteiger partial charge in [0.05, 0.1) is 22.5 Å². The normalized spacial score (nSPS) is 10.3. The second-order valence-electron chi connectivity index (χ2n) is 4.30. The van der Waals surface area contributed by atoms with Crippen LogP contribution in [-0.2, 0) is 5.41 Å². The molecule has 0 saturated heterocycles. The van der Waals surface area contributed by atoms with Crippen LogP contribution >= 0.6 is 12.2 Å². The number of nitrogens with zero attached hydrogens (tertiary/aromatic N) is 2. The molecule has 0 fully saturated rings. The van der Waals surface area contributed by atoms with Gasteiger partial charge in [0.1, 0.15) is 0 Å². The zero-order chi connectivity index (χ0) is 11.5. The Morgan fingerprint density at radius 1 is 1.33 bits per heavy atom. The molecular formula is C12H12N2S. The molecule has 3 heteroatoms. The van der Waals surface area contributed by atoms with Crippen LogP contribution < -0.4 is 0 Å². The van der Waals surface area contributed by atoms with Gasteiger partial charge in [-0.25, -0.2) is 0 Å². The molecule has 0 radical (unpaired) electrons. The van der Waals surface area contributed by atoms with Crippen molar-refractivity contribution < 1.29 is 0 Å². The third-order valence-corrected chi connectivity index (χ3v) is 2.19.